The van der Waals surface area contributed by atoms with E-state index in [2.05, 4.69) is 4.74 Å². The molecule has 0 unspecified atom stereocenters. The fourth-order valence-electron chi connectivity index (χ4n) is 4.10. The number of ether oxygens (including phenoxy) is 3. The lowest BCUT2D eigenvalue weighted by atomic mass is 10.0. The summed E-state index contributed by atoms with van der Waals surface area (Å²) in [5.41, 5.74) is 2.65. The van der Waals surface area contributed by atoms with Crippen LogP contribution in [0.5, 0.6) is 17.2 Å². The van der Waals surface area contributed by atoms with Gasteiger partial charge < -0.3 is 19.3 Å². The number of carbonyl (C=O) groups excluding carboxylic acids is 1. The maximum Gasteiger partial charge on any atom is 0.573 e. The molecule has 1 heterocycles. The molecule has 37 heavy (non-hydrogen) atoms. The summed E-state index contributed by atoms with van der Waals surface area (Å²) >= 11 is 0. The van der Waals surface area contributed by atoms with Crippen molar-refractivity contribution in [3.05, 3.63) is 89.1 Å². The predicted octanol–water partition coefficient (Wildman–Crippen LogP) is 5.60. The number of hydrogen-bond donors (Lipinski definition) is 1. The van der Waals surface area contributed by atoms with Crippen LogP contribution in [0.2, 0.25) is 0 Å². The number of fused-ring (bicyclic) bond motifs is 1. The van der Waals surface area contributed by atoms with Gasteiger partial charge in [0.2, 0.25) is 0 Å². The van der Waals surface area contributed by atoms with Gasteiger partial charge in [0.15, 0.2) is 6.61 Å². The molecule has 7 nitrogen and oxygen atoms in total. The van der Waals surface area contributed by atoms with Gasteiger partial charge >= 0.3 is 12.3 Å². The molecule has 1 N–H and O–H groups in total. The molecule has 0 atom stereocenters. The number of carbonyl (C=O) groups is 2. The average Bonchev–Trinajstić information content (AvgIpc) is 3.12. The lowest BCUT2D eigenvalue weighted by Gasteiger charge is -2.10. The molecule has 0 bridgehead atoms. The molecule has 0 aliphatic heterocycles. The third kappa shape index (κ3) is 5.85. The summed E-state index contributed by atoms with van der Waals surface area (Å²) in [7, 11) is 1.51. The van der Waals surface area contributed by atoms with Gasteiger partial charge in [-0.2, -0.15) is 0 Å². The number of hydrogen-bond acceptors (Lipinski definition) is 5. The van der Waals surface area contributed by atoms with Crippen molar-refractivity contribution in [2.75, 3.05) is 13.7 Å². The number of alkyl halides is 3. The maximum atomic E-state index is 13.5. The molecule has 4 rings (SSSR count). The number of benzene rings is 3. The average molecular weight is 513 g/mol. The molecular weight excluding hydrogens is 491 g/mol. The molecular formula is C27H22F3NO6. The van der Waals surface area contributed by atoms with Gasteiger partial charge in [-0.1, -0.05) is 12.1 Å². The van der Waals surface area contributed by atoms with Crippen molar-refractivity contribution >= 4 is 22.8 Å². The number of halogens is 3. The second-order valence-corrected chi connectivity index (χ2v) is 8.17. The van der Waals surface area contributed by atoms with E-state index in [1.54, 1.807) is 55.5 Å². The van der Waals surface area contributed by atoms with Crippen molar-refractivity contribution in [1.82, 2.24) is 4.57 Å². The Kier molecular flexibility index (Phi) is 7.10. The van der Waals surface area contributed by atoms with Crippen LogP contribution < -0.4 is 14.2 Å². The number of methoxy groups -OCH3 is 1. The highest BCUT2D eigenvalue weighted by Crippen LogP contribution is 2.34. The highest BCUT2D eigenvalue weighted by molar-refractivity contribution is 6.04. The Morgan fingerprint density at radius 1 is 0.946 bits per heavy atom. The van der Waals surface area contributed by atoms with E-state index >= 15 is 0 Å². The summed E-state index contributed by atoms with van der Waals surface area (Å²) in [6, 6.07) is 17.1. The number of carboxylic acids is 1. The van der Waals surface area contributed by atoms with Crippen LogP contribution in [-0.2, 0) is 11.2 Å². The third-order valence-electron chi connectivity index (χ3n) is 5.72. The first kappa shape index (κ1) is 25.6. The molecule has 4 aromatic rings. The topological polar surface area (TPSA) is 87.0 Å². The minimum absolute atomic E-state index is 0.241. The Labute approximate surface area is 209 Å². The minimum atomic E-state index is -4.87. The lowest BCUT2D eigenvalue weighted by Crippen LogP contribution is -2.17. The molecule has 192 valence electrons. The van der Waals surface area contributed by atoms with Crippen molar-refractivity contribution in [2.45, 2.75) is 19.7 Å². The first-order chi connectivity index (χ1) is 17.6. The Morgan fingerprint density at radius 2 is 1.65 bits per heavy atom. The van der Waals surface area contributed by atoms with Gasteiger partial charge in [0.25, 0.3) is 5.91 Å². The first-order valence-corrected chi connectivity index (χ1v) is 11.1. The van der Waals surface area contributed by atoms with Gasteiger partial charge in [0.1, 0.15) is 17.2 Å². The monoisotopic (exact) mass is 513 g/mol. The number of nitrogens with zero attached hydrogens (tertiary/aromatic N) is 1. The van der Waals surface area contributed by atoms with Crippen LogP contribution >= 0.6 is 0 Å². The van der Waals surface area contributed by atoms with E-state index in [-0.39, 0.29) is 12.3 Å². The molecule has 0 aliphatic rings. The smallest absolute Gasteiger partial charge is 0.497 e. The lowest BCUT2D eigenvalue weighted by molar-refractivity contribution is -0.274. The van der Waals surface area contributed by atoms with E-state index in [1.807, 2.05) is 0 Å². The minimum Gasteiger partial charge on any atom is -0.497 e. The van der Waals surface area contributed by atoms with Crippen LogP contribution in [0.1, 0.15) is 27.2 Å². The number of aliphatic carboxylic acids is 1. The molecule has 3 aromatic carbocycles. The largest absolute Gasteiger partial charge is 0.573 e. The van der Waals surface area contributed by atoms with Crippen LogP contribution in [-0.4, -0.2) is 41.6 Å². The van der Waals surface area contributed by atoms with Gasteiger partial charge in [-0.3, -0.25) is 9.36 Å². The van der Waals surface area contributed by atoms with E-state index < -0.39 is 24.7 Å². The zero-order chi connectivity index (χ0) is 26.7. The maximum absolute atomic E-state index is 13.5. The Hall–Kier alpha value is -4.47. The Balaban J connectivity index is 1.80. The van der Waals surface area contributed by atoms with Gasteiger partial charge in [0, 0.05) is 16.6 Å². The van der Waals surface area contributed by atoms with E-state index in [9.17, 15) is 22.8 Å². The first-order valence-electron chi connectivity index (χ1n) is 11.1. The zero-order valence-corrected chi connectivity index (χ0v) is 19.8. The van der Waals surface area contributed by atoms with Crippen molar-refractivity contribution < 1.29 is 42.1 Å². The van der Waals surface area contributed by atoms with E-state index in [1.165, 1.54) is 23.8 Å². The van der Waals surface area contributed by atoms with Gasteiger partial charge in [-0.15, -0.1) is 13.2 Å². The van der Waals surface area contributed by atoms with Crippen molar-refractivity contribution in [3.63, 3.8) is 0 Å². The van der Waals surface area contributed by atoms with Crippen LogP contribution in [0.3, 0.4) is 0 Å². The van der Waals surface area contributed by atoms with E-state index in [4.69, 9.17) is 14.6 Å². The normalized spacial score (nSPS) is 11.4. The molecule has 0 fully saturated rings. The van der Waals surface area contributed by atoms with Crippen molar-refractivity contribution in [1.29, 1.82) is 0 Å². The third-order valence-corrected chi connectivity index (χ3v) is 5.72. The van der Waals surface area contributed by atoms with Gasteiger partial charge in [-0.05, 0) is 79.1 Å². The second kappa shape index (κ2) is 10.3. The molecule has 0 saturated carbocycles. The van der Waals surface area contributed by atoms with Crippen molar-refractivity contribution in [3.8, 4) is 17.2 Å². The van der Waals surface area contributed by atoms with Crippen LogP contribution in [0.4, 0.5) is 13.2 Å². The molecule has 0 aliphatic carbocycles. The summed E-state index contributed by atoms with van der Waals surface area (Å²) < 4.78 is 54.7. The van der Waals surface area contributed by atoms with Crippen molar-refractivity contribution in [2.24, 2.45) is 0 Å². The summed E-state index contributed by atoms with van der Waals surface area (Å²) in [5.74, 6) is -0.992. The quantitative estimate of drug-likeness (QED) is 0.330. The fraction of sp³-hybridized carbons (Fsp3) is 0.185. The Morgan fingerprint density at radius 3 is 2.30 bits per heavy atom. The summed E-state index contributed by atoms with van der Waals surface area (Å²) in [5, 5.41) is 9.27. The molecule has 0 saturated heterocycles. The Bertz CT molecular complexity index is 1460. The predicted molar refractivity (Wildman–Crippen MR) is 128 cm³/mol. The van der Waals surface area contributed by atoms with Gasteiger partial charge in [0.05, 0.1) is 12.6 Å². The highest BCUT2D eigenvalue weighted by atomic mass is 19.4. The number of carboxylic acid groups (broad SMARTS) is 1. The SMILES string of the molecule is COc1ccc(C(=O)n2c(C)c(Cc3cccc(OCC(=O)O)c3)c3cc(OC(F)(F)F)ccc32)cc1. The number of rotatable bonds is 8. The van der Waals surface area contributed by atoms with E-state index in [0.29, 0.717) is 44.8 Å². The van der Waals surface area contributed by atoms with E-state index in [0.717, 1.165) is 6.07 Å². The fourth-order valence-corrected chi connectivity index (χ4v) is 4.10. The molecule has 0 spiro atoms. The standard InChI is InChI=1S/C27H22F3NO6/c1-16-22(13-17-4-3-5-20(12-17)36-15-25(32)33)23-14-21(37-27(28,29)30)10-11-24(23)31(16)26(34)18-6-8-19(35-2)9-7-18/h3-12,14H,13,15H2,1-2H3,(H,32,33). The molecule has 0 radical (unpaired) electrons. The highest BCUT2D eigenvalue weighted by Gasteiger charge is 2.31. The summed E-state index contributed by atoms with van der Waals surface area (Å²) in [6.07, 6.45) is -4.63. The summed E-state index contributed by atoms with van der Waals surface area (Å²) in [6.45, 7) is 1.20. The van der Waals surface area contributed by atoms with Crippen LogP contribution in [0.15, 0.2) is 66.7 Å². The second-order valence-electron chi connectivity index (χ2n) is 8.17. The van der Waals surface area contributed by atoms with Crippen LogP contribution in [0, 0.1) is 6.92 Å². The number of aromatic nitrogens is 1. The summed E-state index contributed by atoms with van der Waals surface area (Å²) in [4.78, 5) is 24.3. The molecule has 1 aromatic heterocycles. The molecule has 0 amide bonds. The van der Waals surface area contributed by atoms with Crippen LogP contribution in [0.25, 0.3) is 10.9 Å². The zero-order valence-electron chi connectivity index (χ0n) is 19.8. The van der Waals surface area contributed by atoms with Gasteiger partial charge in [-0.25, -0.2) is 4.79 Å². The molecule has 10 heteroatoms.